The van der Waals surface area contributed by atoms with Crippen molar-refractivity contribution in [2.45, 2.75) is 90.4 Å². The molecule has 0 aromatic carbocycles. The van der Waals surface area contributed by atoms with Crippen molar-refractivity contribution in [1.82, 2.24) is 0 Å². The molecule has 0 radical (unpaired) electrons. The Kier molecular flexibility index (Phi) is 4.98. The third kappa shape index (κ3) is 2.76. The van der Waals surface area contributed by atoms with Crippen molar-refractivity contribution in [2.75, 3.05) is 7.11 Å². The highest BCUT2D eigenvalue weighted by Crippen LogP contribution is 2.76. The van der Waals surface area contributed by atoms with Crippen molar-refractivity contribution in [3.63, 3.8) is 0 Å². The summed E-state index contributed by atoms with van der Waals surface area (Å²) in [7, 11) is 1.37. The Morgan fingerprint density at radius 3 is 2.38 bits per heavy atom. The van der Waals surface area contributed by atoms with E-state index in [4.69, 9.17) is 18.6 Å². The van der Waals surface area contributed by atoms with Gasteiger partial charge in [-0.1, -0.05) is 13.8 Å². The Labute approximate surface area is 200 Å². The van der Waals surface area contributed by atoms with E-state index in [2.05, 4.69) is 13.8 Å². The van der Waals surface area contributed by atoms with E-state index in [0.717, 1.165) is 25.7 Å². The molecule has 1 aromatic rings. The molecule has 7 atom stereocenters. The first-order valence-electron chi connectivity index (χ1n) is 12.4. The van der Waals surface area contributed by atoms with E-state index in [1.807, 2.05) is 20.8 Å². The number of hydrogen-bond acceptors (Lipinski definition) is 7. The molecule has 7 nitrogen and oxygen atoms in total. The van der Waals surface area contributed by atoms with Crippen molar-refractivity contribution >= 4 is 17.7 Å². The van der Waals surface area contributed by atoms with Gasteiger partial charge in [-0.15, -0.1) is 0 Å². The van der Waals surface area contributed by atoms with E-state index in [0.29, 0.717) is 18.4 Å². The molecule has 2 aliphatic heterocycles. The van der Waals surface area contributed by atoms with Crippen LogP contribution in [0.2, 0.25) is 0 Å². The molecule has 2 saturated heterocycles. The largest absolute Gasteiger partial charge is 0.472 e. The number of carbonyl (C=O) groups is 3. The lowest BCUT2D eigenvalue weighted by Gasteiger charge is -2.65. The van der Waals surface area contributed by atoms with Gasteiger partial charge >= 0.3 is 11.9 Å². The average molecular weight is 473 g/mol. The number of ketones is 1. The van der Waals surface area contributed by atoms with E-state index >= 15 is 0 Å². The summed E-state index contributed by atoms with van der Waals surface area (Å²) in [4.78, 5) is 39.3. The monoisotopic (exact) mass is 472 g/mol. The molecule has 0 N–H and O–H groups in total. The molecule has 0 bridgehead atoms. The van der Waals surface area contributed by atoms with E-state index in [1.54, 1.807) is 6.07 Å². The van der Waals surface area contributed by atoms with Crippen molar-refractivity contribution in [1.29, 1.82) is 0 Å². The van der Waals surface area contributed by atoms with Crippen LogP contribution in [-0.4, -0.2) is 42.1 Å². The number of cyclic esters (lactones) is 1. The lowest BCUT2D eigenvalue weighted by atomic mass is 9.38. The minimum absolute atomic E-state index is 0.0562. The fourth-order valence-electron chi connectivity index (χ4n) is 8.86. The molecule has 5 rings (SSSR count). The second kappa shape index (κ2) is 7.19. The zero-order valence-electron chi connectivity index (χ0n) is 21.1. The topological polar surface area (TPSA) is 95.3 Å². The number of fused-ring (bicyclic) bond motifs is 4. The van der Waals surface area contributed by atoms with Gasteiger partial charge in [-0.2, -0.15) is 0 Å². The van der Waals surface area contributed by atoms with E-state index in [9.17, 15) is 14.4 Å². The number of methoxy groups -OCH3 is 1. The fourth-order valence-corrected chi connectivity index (χ4v) is 8.86. The van der Waals surface area contributed by atoms with Gasteiger partial charge in [0.05, 0.1) is 24.4 Å². The Morgan fingerprint density at radius 1 is 1.03 bits per heavy atom. The second-order valence-corrected chi connectivity index (χ2v) is 12.1. The van der Waals surface area contributed by atoms with Crippen molar-refractivity contribution in [3.8, 4) is 0 Å². The minimum Gasteiger partial charge on any atom is -0.472 e. The van der Waals surface area contributed by atoms with Gasteiger partial charge in [0.25, 0.3) is 0 Å². The van der Waals surface area contributed by atoms with E-state index < -0.39 is 34.1 Å². The van der Waals surface area contributed by atoms with Crippen molar-refractivity contribution < 1.29 is 33.0 Å². The first-order chi connectivity index (χ1) is 15.9. The molecule has 0 unspecified atom stereocenters. The summed E-state index contributed by atoms with van der Waals surface area (Å²) >= 11 is 0. The summed E-state index contributed by atoms with van der Waals surface area (Å²) in [5.74, 6) is -0.291. The first-order valence-corrected chi connectivity index (χ1v) is 12.4. The van der Waals surface area contributed by atoms with Gasteiger partial charge in [-0.3, -0.25) is 9.59 Å². The van der Waals surface area contributed by atoms with Crippen LogP contribution in [0.5, 0.6) is 0 Å². The molecule has 2 aliphatic carbocycles. The van der Waals surface area contributed by atoms with Crippen LogP contribution in [0.15, 0.2) is 23.0 Å². The molecule has 7 heteroatoms. The highest BCUT2D eigenvalue weighted by atomic mass is 16.7. The lowest BCUT2D eigenvalue weighted by molar-refractivity contribution is -0.193. The van der Waals surface area contributed by atoms with Crippen LogP contribution in [0.1, 0.15) is 83.5 Å². The summed E-state index contributed by atoms with van der Waals surface area (Å²) in [6.07, 6.45) is 6.30. The highest BCUT2D eigenvalue weighted by Gasteiger charge is 2.84. The lowest BCUT2D eigenvalue weighted by Crippen LogP contribution is -2.67. The first kappa shape index (κ1) is 23.6. The number of hydrogen-bond donors (Lipinski definition) is 0. The maximum atomic E-state index is 13.9. The number of carbonyl (C=O) groups excluding carboxylic acids is 3. The van der Waals surface area contributed by atoms with Crippen LogP contribution in [0, 0.1) is 28.1 Å². The van der Waals surface area contributed by atoms with Crippen LogP contribution < -0.4 is 0 Å². The van der Waals surface area contributed by atoms with Gasteiger partial charge in [0.15, 0.2) is 11.9 Å². The molecule has 4 fully saturated rings. The minimum atomic E-state index is -0.973. The molecule has 186 valence electrons. The Morgan fingerprint density at radius 2 is 1.74 bits per heavy atom. The Bertz CT molecular complexity index is 1030. The summed E-state index contributed by atoms with van der Waals surface area (Å²) in [5, 5.41) is 0. The molecule has 1 aromatic heterocycles. The second-order valence-electron chi connectivity index (χ2n) is 12.1. The predicted molar refractivity (Wildman–Crippen MR) is 122 cm³/mol. The highest BCUT2D eigenvalue weighted by molar-refractivity contribution is 6.02. The molecule has 1 spiro atoms. The van der Waals surface area contributed by atoms with Gasteiger partial charge in [0.1, 0.15) is 17.5 Å². The molecule has 34 heavy (non-hydrogen) atoms. The van der Waals surface area contributed by atoms with Crippen LogP contribution in [0.25, 0.3) is 0 Å². The van der Waals surface area contributed by atoms with Gasteiger partial charge in [-0.05, 0) is 70.3 Å². The Hall–Kier alpha value is -2.15. The van der Waals surface area contributed by atoms with Crippen LogP contribution >= 0.6 is 0 Å². The molecule has 4 aliphatic rings. The normalized spacial score (nSPS) is 44.9. The number of esters is 2. The molecule has 3 heterocycles. The SMILES string of the molecule is COC(=O)[C@H]1O[C@@]12[C@](C)(C(=O)c1ccoc1)CC[C@@H]1[C@@]3(C)CCC(=O)OC(C)(C)[C@H]3CC[C@]12C. The predicted octanol–water partition coefficient (Wildman–Crippen LogP) is 4.73. The van der Waals surface area contributed by atoms with Gasteiger partial charge in [0.2, 0.25) is 0 Å². The maximum absolute atomic E-state index is 13.9. The summed E-state index contributed by atoms with van der Waals surface area (Å²) in [5.41, 5.74) is -2.60. The number of furan rings is 1. The van der Waals surface area contributed by atoms with Crippen molar-refractivity contribution in [3.05, 3.63) is 24.2 Å². The van der Waals surface area contributed by atoms with Crippen LogP contribution in [0.3, 0.4) is 0 Å². The number of ether oxygens (including phenoxy) is 3. The van der Waals surface area contributed by atoms with Crippen LogP contribution in [-0.2, 0) is 23.8 Å². The molecule has 0 amide bonds. The summed E-state index contributed by atoms with van der Waals surface area (Å²) in [6.45, 7) is 10.5. The number of epoxide rings is 1. The summed E-state index contributed by atoms with van der Waals surface area (Å²) < 4.78 is 22.7. The van der Waals surface area contributed by atoms with Gasteiger partial charge in [-0.25, -0.2) is 4.79 Å². The van der Waals surface area contributed by atoms with E-state index in [1.165, 1.54) is 19.6 Å². The van der Waals surface area contributed by atoms with Crippen molar-refractivity contribution in [2.24, 2.45) is 28.1 Å². The number of Topliss-reactive ketones (excluding diaryl/α,β-unsaturated/α-hetero) is 1. The summed E-state index contributed by atoms with van der Waals surface area (Å²) in [6, 6.07) is 1.68. The van der Waals surface area contributed by atoms with Crippen LogP contribution in [0.4, 0.5) is 0 Å². The van der Waals surface area contributed by atoms with Gasteiger partial charge in [0, 0.05) is 17.8 Å². The number of rotatable bonds is 3. The Balaban J connectivity index is 1.63. The third-order valence-corrected chi connectivity index (χ3v) is 10.3. The average Bonchev–Trinajstić information content (AvgIpc) is 3.34. The smallest absolute Gasteiger partial charge is 0.338 e. The zero-order chi connectivity index (χ0) is 24.7. The molecule has 2 saturated carbocycles. The molecular weight excluding hydrogens is 436 g/mol. The maximum Gasteiger partial charge on any atom is 0.338 e. The third-order valence-electron chi connectivity index (χ3n) is 10.3. The van der Waals surface area contributed by atoms with E-state index in [-0.39, 0.29) is 29.0 Å². The zero-order valence-corrected chi connectivity index (χ0v) is 21.1. The quantitative estimate of drug-likeness (QED) is 0.357. The standard InChI is InChI=1S/C27H36O7/c1-23(2)17-7-12-25(4)18(24(17,3)11-9-19(28)33-23)8-13-26(5,20(29)16-10-14-32-15-16)27(25)21(34-27)22(30)31-6/h10,14-15,17-18,21H,7-9,11-13H2,1-6H3/t17-,18-,21-,24+,25-,26+,27+/m1/s1. The fraction of sp³-hybridized carbons (Fsp3) is 0.741. The van der Waals surface area contributed by atoms with Gasteiger partial charge < -0.3 is 18.6 Å². The molecular formula is C27H36O7.